The number of halogens is 3. The Morgan fingerprint density at radius 2 is 1.81 bits per heavy atom. The second kappa shape index (κ2) is 7.97. The fourth-order valence-electron chi connectivity index (χ4n) is 2.20. The second-order valence-electron chi connectivity index (χ2n) is 5.27. The summed E-state index contributed by atoms with van der Waals surface area (Å²) < 4.78 is 41.2. The first-order valence-corrected chi connectivity index (χ1v) is 8.53. The SMILES string of the molecule is C=CCN=c1scc(-c2ccc(F)cc2)n1N=Cc1ccc(F)c(F)c1. The number of hydrogen-bond donors (Lipinski definition) is 0. The minimum Gasteiger partial charge on any atom is -0.253 e. The van der Waals surface area contributed by atoms with Crippen molar-refractivity contribution in [3.63, 3.8) is 0 Å². The molecule has 2 aromatic carbocycles. The van der Waals surface area contributed by atoms with Crippen molar-refractivity contribution >= 4 is 17.6 Å². The van der Waals surface area contributed by atoms with Crippen LogP contribution in [0, 0.1) is 17.5 Å². The van der Waals surface area contributed by atoms with Gasteiger partial charge in [0.25, 0.3) is 0 Å². The molecule has 3 nitrogen and oxygen atoms in total. The van der Waals surface area contributed by atoms with Crippen molar-refractivity contribution in [1.82, 2.24) is 4.68 Å². The van der Waals surface area contributed by atoms with E-state index in [1.54, 1.807) is 22.9 Å². The molecule has 3 aromatic rings. The van der Waals surface area contributed by atoms with Crippen LogP contribution in [0.4, 0.5) is 13.2 Å². The summed E-state index contributed by atoms with van der Waals surface area (Å²) in [5, 5.41) is 6.20. The molecule has 7 heteroatoms. The fourth-order valence-corrected chi connectivity index (χ4v) is 3.05. The van der Waals surface area contributed by atoms with Gasteiger partial charge in [-0.05, 0) is 42.0 Å². The molecular weight excluding hydrogens is 359 g/mol. The molecule has 3 rings (SSSR count). The fraction of sp³-hybridized carbons (Fsp3) is 0.0526. The second-order valence-corrected chi connectivity index (χ2v) is 6.11. The van der Waals surface area contributed by atoms with Crippen LogP contribution < -0.4 is 4.80 Å². The molecule has 0 saturated carbocycles. The molecule has 1 heterocycles. The first-order chi connectivity index (χ1) is 12.6. The maximum Gasteiger partial charge on any atom is 0.206 e. The van der Waals surface area contributed by atoms with Gasteiger partial charge in [-0.2, -0.15) is 5.10 Å². The first kappa shape index (κ1) is 17.9. The van der Waals surface area contributed by atoms with Crippen molar-refractivity contribution in [3.8, 4) is 11.3 Å². The predicted octanol–water partition coefficient (Wildman–Crippen LogP) is 4.60. The Balaban J connectivity index is 2.06. The van der Waals surface area contributed by atoms with Crippen molar-refractivity contribution in [2.75, 3.05) is 6.54 Å². The lowest BCUT2D eigenvalue weighted by atomic mass is 10.2. The van der Waals surface area contributed by atoms with Crippen LogP contribution in [-0.4, -0.2) is 17.4 Å². The molecule has 0 amide bonds. The highest BCUT2D eigenvalue weighted by Gasteiger charge is 2.08. The molecule has 0 atom stereocenters. The Labute approximate surface area is 152 Å². The molecule has 0 aliphatic rings. The molecule has 0 unspecified atom stereocenters. The highest BCUT2D eigenvalue weighted by Crippen LogP contribution is 2.20. The van der Waals surface area contributed by atoms with Crippen LogP contribution in [0.3, 0.4) is 0 Å². The predicted molar refractivity (Wildman–Crippen MR) is 97.7 cm³/mol. The largest absolute Gasteiger partial charge is 0.253 e. The summed E-state index contributed by atoms with van der Waals surface area (Å²) in [7, 11) is 0. The lowest BCUT2D eigenvalue weighted by Crippen LogP contribution is -2.12. The van der Waals surface area contributed by atoms with Crippen LogP contribution in [0.1, 0.15) is 5.56 Å². The van der Waals surface area contributed by atoms with E-state index in [0.29, 0.717) is 22.6 Å². The Morgan fingerprint density at radius 3 is 2.50 bits per heavy atom. The van der Waals surface area contributed by atoms with Crippen molar-refractivity contribution in [2.45, 2.75) is 0 Å². The van der Waals surface area contributed by atoms with Crippen LogP contribution in [0.25, 0.3) is 11.3 Å². The molecule has 0 aliphatic heterocycles. The maximum absolute atomic E-state index is 13.4. The topological polar surface area (TPSA) is 29.6 Å². The normalized spacial score (nSPS) is 12.0. The van der Waals surface area contributed by atoms with Crippen LogP contribution in [0.15, 0.2) is 70.6 Å². The Bertz CT molecular complexity index is 1020. The lowest BCUT2D eigenvalue weighted by Gasteiger charge is -2.03. The number of thiazole rings is 1. The van der Waals surface area contributed by atoms with Crippen molar-refractivity contribution < 1.29 is 13.2 Å². The molecule has 1 aromatic heterocycles. The van der Waals surface area contributed by atoms with E-state index < -0.39 is 11.6 Å². The van der Waals surface area contributed by atoms with Gasteiger partial charge in [-0.3, -0.25) is 4.99 Å². The van der Waals surface area contributed by atoms with E-state index in [-0.39, 0.29) is 5.82 Å². The quantitative estimate of drug-likeness (QED) is 0.462. The van der Waals surface area contributed by atoms with E-state index in [4.69, 9.17) is 0 Å². The number of hydrogen-bond acceptors (Lipinski definition) is 3. The summed E-state index contributed by atoms with van der Waals surface area (Å²) in [6.07, 6.45) is 3.07. The molecule has 0 aliphatic carbocycles. The minimum atomic E-state index is -0.945. The standard InChI is InChI=1S/C19H14F3N3S/c1-2-9-23-19-25(24-11-13-3-8-16(21)17(22)10-13)18(12-26-19)14-4-6-15(20)7-5-14/h2-8,10-12H,1,9H2. The molecule has 132 valence electrons. The van der Waals surface area contributed by atoms with Gasteiger partial charge < -0.3 is 0 Å². The molecular formula is C19H14F3N3S. The van der Waals surface area contributed by atoms with Gasteiger partial charge in [-0.1, -0.05) is 12.1 Å². The summed E-state index contributed by atoms with van der Waals surface area (Å²) in [6, 6.07) is 9.51. The van der Waals surface area contributed by atoms with Crippen molar-refractivity contribution in [2.24, 2.45) is 10.1 Å². The van der Waals surface area contributed by atoms with Gasteiger partial charge in [0.05, 0.1) is 18.5 Å². The third-order valence-corrected chi connectivity index (χ3v) is 4.30. The Hall–Kier alpha value is -2.93. The number of benzene rings is 2. The molecule has 0 bridgehead atoms. The van der Waals surface area contributed by atoms with E-state index in [1.807, 2.05) is 5.38 Å². The van der Waals surface area contributed by atoms with Gasteiger partial charge >= 0.3 is 0 Å². The highest BCUT2D eigenvalue weighted by atomic mass is 32.1. The molecule has 0 N–H and O–H groups in total. The third-order valence-electron chi connectivity index (χ3n) is 3.45. The van der Waals surface area contributed by atoms with Crippen LogP contribution >= 0.6 is 11.3 Å². The zero-order valence-electron chi connectivity index (χ0n) is 13.6. The Morgan fingerprint density at radius 1 is 1.04 bits per heavy atom. The smallest absolute Gasteiger partial charge is 0.206 e. The van der Waals surface area contributed by atoms with Gasteiger partial charge in [0.2, 0.25) is 4.80 Å². The average Bonchev–Trinajstić information content (AvgIpc) is 3.04. The zero-order valence-corrected chi connectivity index (χ0v) is 14.4. The van der Waals surface area contributed by atoms with Crippen LogP contribution in [-0.2, 0) is 0 Å². The van der Waals surface area contributed by atoms with E-state index >= 15 is 0 Å². The molecule has 26 heavy (non-hydrogen) atoms. The monoisotopic (exact) mass is 373 g/mol. The van der Waals surface area contributed by atoms with Crippen LogP contribution in [0.2, 0.25) is 0 Å². The summed E-state index contributed by atoms with van der Waals surface area (Å²) in [5.74, 6) is -2.20. The van der Waals surface area contributed by atoms with E-state index in [2.05, 4.69) is 16.7 Å². The van der Waals surface area contributed by atoms with Gasteiger partial charge in [-0.25, -0.2) is 17.8 Å². The van der Waals surface area contributed by atoms with Crippen LogP contribution in [0.5, 0.6) is 0 Å². The zero-order chi connectivity index (χ0) is 18.5. The first-order valence-electron chi connectivity index (χ1n) is 7.66. The van der Waals surface area contributed by atoms with Crippen molar-refractivity contribution in [3.05, 3.63) is 88.3 Å². The van der Waals surface area contributed by atoms with E-state index in [9.17, 15) is 13.2 Å². The number of aromatic nitrogens is 1. The third kappa shape index (κ3) is 4.00. The summed E-state index contributed by atoms with van der Waals surface area (Å²) in [6.45, 7) is 4.04. The highest BCUT2D eigenvalue weighted by molar-refractivity contribution is 7.07. The Kier molecular flexibility index (Phi) is 5.48. The average molecular weight is 373 g/mol. The summed E-state index contributed by atoms with van der Waals surface area (Å²) >= 11 is 1.36. The van der Waals surface area contributed by atoms with Gasteiger partial charge in [0, 0.05) is 10.9 Å². The summed E-state index contributed by atoms with van der Waals surface area (Å²) in [5.41, 5.74) is 1.86. The molecule has 0 saturated heterocycles. The number of rotatable bonds is 5. The van der Waals surface area contributed by atoms with Gasteiger partial charge in [0.15, 0.2) is 11.6 Å². The van der Waals surface area contributed by atoms with Gasteiger partial charge in [0.1, 0.15) is 5.82 Å². The molecule has 0 spiro atoms. The van der Waals surface area contributed by atoms with E-state index in [1.165, 1.54) is 35.8 Å². The summed E-state index contributed by atoms with van der Waals surface area (Å²) in [4.78, 5) is 4.97. The molecule has 0 fully saturated rings. The lowest BCUT2D eigenvalue weighted by molar-refractivity contribution is 0.508. The maximum atomic E-state index is 13.4. The number of nitrogens with zero attached hydrogens (tertiary/aromatic N) is 3. The van der Waals surface area contributed by atoms with Crippen molar-refractivity contribution in [1.29, 1.82) is 0 Å². The molecule has 0 radical (unpaired) electrons. The minimum absolute atomic E-state index is 0.336. The van der Waals surface area contributed by atoms with Gasteiger partial charge in [-0.15, -0.1) is 17.9 Å². The van der Waals surface area contributed by atoms with E-state index in [0.717, 1.165) is 17.7 Å².